The maximum absolute atomic E-state index is 13.1. The summed E-state index contributed by atoms with van der Waals surface area (Å²) in [5.74, 6) is 1.35. The predicted octanol–water partition coefficient (Wildman–Crippen LogP) is 3.32. The van der Waals surface area contributed by atoms with Gasteiger partial charge in [0.05, 0.1) is 23.3 Å². The smallest absolute Gasteiger partial charge is 0.293 e. The maximum Gasteiger partial charge on any atom is 0.293 e. The van der Waals surface area contributed by atoms with Crippen LogP contribution in [0.2, 0.25) is 10.0 Å². The highest BCUT2D eigenvalue weighted by molar-refractivity contribution is 6.37. The van der Waals surface area contributed by atoms with E-state index in [4.69, 9.17) is 27.9 Å². The van der Waals surface area contributed by atoms with Crippen LogP contribution in [-0.2, 0) is 11.2 Å². The number of carbonyl (C=O) groups is 1. The summed E-state index contributed by atoms with van der Waals surface area (Å²) < 4.78 is 7.03. The van der Waals surface area contributed by atoms with E-state index in [2.05, 4.69) is 15.0 Å². The van der Waals surface area contributed by atoms with Gasteiger partial charge in [0.2, 0.25) is 5.82 Å². The van der Waals surface area contributed by atoms with E-state index in [1.54, 1.807) is 22.9 Å². The number of aryl methyl sites for hydroxylation is 1. The summed E-state index contributed by atoms with van der Waals surface area (Å²) >= 11 is 12.7. The Hall–Kier alpha value is -1.67. The van der Waals surface area contributed by atoms with Crippen molar-refractivity contribution in [3.05, 3.63) is 39.9 Å². The number of likely N-dealkylation sites (tertiary alicyclic amines) is 1. The largest absolute Gasteiger partial charge is 0.379 e. The van der Waals surface area contributed by atoms with E-state index in [9.17, 15) is 4.79 Å². The van der Waals surface area contributed by atoms with Crippen molar-refractivity contribution in [1.82, 2.24) is 24.6 Å². The van der Waals surface area contributed by atoms with E-state index >= 15 is 0 Å². The lowest BCUT2D eigenvalue weighted by atomic mass is 9.96. The summed E-state index contributed by atoms with van der Waals surface area (Å²) in [6.07, 6.45) is 2.62. The molecule has 3 heterocycles. The molecule has 0 bridgehead atoms. The molecule has 0 atom stereocenters. The Labute approximate surface area is 186 Å². The van der Waals surface area contributed by atoms with Gasteiger partial charge in [0.1, 0.15) is 11.5 Å². The van der Waals surface area contributed by atoms with Crippen LogP contribution in [0, 0.1) is 5.92 Å². The molecule has 2 aromatic rings. The molecule has 0 radical (unpaired) electrons. The molecule has 9 heteroatoms. The monoisotopic (exact) mass is 451 g/mol. The van der Waals surface area contributed by atoms with Crippen molar-refractivity contribution in [3.8, 4) is 5.69 Å². The standard InChI is InChI=1S/C21H27Cl2N5O2/c1-2-18-24-20(25-28(18)19-16(22)4-3-5-17(19)23)21(29)27-8-6-15(7-9-27)14-26-10-12-30-13-11-26/h3-5,15H,2,6-14H2,1H3. The van der Waals surface area contributed by atoms with E-state index in [1.807, 2.05) is 11.8 Å². The Morgan fingerprint density at radius 2 is 1.80 bits per heavy atom. The first-order valence-corrected chi connectivity index (χ1v) is 11.3. The second kappa shape index (κ2) is 9.64. The highest BCUT2D eigenvalue weighted by Gasteiger charge is 2.28. The Morgan fingerprint density at radius 1 is 1.13 bits per heavy atom. The van der Waals surface area contributed by atoms with E-state index in [-0.39, 0.29) is 11.7 Å². The number of nitrogens with zero attached hydrogens (tertiary/aromatic N) is 5. The van der Waals surface area contributed by atoms with Crippen molar-refractivity contribution in [1.29, 1.82) is 0 Å². The van der Waals surface area contributed by atoms with Crippen molar-refractivity contribution >= 4 is 29.1 Å². The number of hydrogen-bond acceptors (Lipinski definition) is 5. The molecule has 0 saturated carbocycles. The summed E-state index contributed by atoms with van der Waals surface area (Å²) in [5, 5.41) is 5.44. The van der Waals surface area contributed by atoms with Crippen LogP contribution in [0.4, 0.5) is 0 Å². The number of morpholine rings is 1. The molecule has 1 aromatic carbocycles. The fraction of sp³-hybridized carbons (Fsp3) is 0.571. The minimum atomic E-state index is -0.128. The van der Waals surface area contributed by atoms with Gasteiger partial charge in [-0.05, 0) is 30.9 Å². The van der Waals surface area contributed by atoms with Crippen LogP contribution in [-0.4, -0.2) is 76.4 Å². The van der Waals surface area contributed by atoms with Gasteiger partial charge in [-0.3, -0.25) is 9.69 Å². The van der Waals surface area contributed by atoms with Crippen molar-refractivity contribution in [3.63, 3.8) is 0 Å². The van der Waals surface area contributed by atoms with Gasteiger partial charge in [0.25, 0.3) is 5.91 Å². The molecule has 2 aliphatic rings. The molecular weight excluding hydrogens is 425 g/mol. The topological polar surface area (TPSA) is 63.5 Å². The number of ether oxygens (including phenoxy) is 1. The highest BCUT2D eigenvalue weighted by atomic mass is 35.5. The molecule has 1 amide bonds. The zero-order chi connectivity index (χ0) is 21.1. The predicted molar refractivity (Wildman–Crippen MR) is 117 cm³/mol. The van der Waals surface area contributed by atoms with E-state index < -0.39 is 0 Å². The van der Waals surface area contributed by atoms with Crippen LogP contribution < -0.4 is 0 Å². The molecule has 0 aliphatic carbocycles. The maximum atomic E-state index is 13.1. The minimum absolute atomic E-state index is 0.128. The fourth-order valence-corrected chi connectivity index (χ4v) is 4.70. The Balaban J connectivity index is 1.43. The normalized spacial score (nSPS) is 18.7. The lowest BCUT2D eigenvalue weighted by Crippen LogP contribution is -2.44. The summed E-state index contributed by atoms with van der Waals surface area (Å²) in [5.41, 5.74) is 0.563. The van der Waals surface area contributed by atoms with Crippen molar-refractivity contribution in [2.75, 3.05) is 45.9 Å². The van der Waals surface area contributed by atoms with Gasteiger partial charge in [0, 0.05) is 39.1 Å². The molecule has 2 aliphatic heterocycles. The molecule has 2 fully saturated rings. The molecule has 4 rings (SSSR count). The van der Waals surface area contributed by atoms with Gasteiger partial charge >= 0.3 is 0 Å². The zero-order valence-corrected chi connectivity index (χ0v) is 18.7. The second-order valence-electron chi connectivity index (χ2n) is 7.84. The summed E-state index contributed by atoms with van der Waals surface area (Å²) in [4.78, 5) is 21.9. The fourth-order valence-electron chi connectivity index (χ4n) is 4.14. The van der Waals surface area contributed by atoms with Crippen LogP contribution in [0.25, 0.3) is 5.69 Å². The minimum Gasteiger partial charge on any atom is -0.379 e. The number of benzene rings is 1. The van der Waals surface area contributed by atoms with Gasteiger partial charge in [-0.2, -0.15) is 0 Å². The molecule has 0 N–H and O–H groups in total. The van der Waals surface area contributed by atoms with Crippen molar-refractivity contribution in [2.45, 2.75) is 26.2 Å². The SMILES string of the molecule is CCc1nc(C(=O)N2CCC(CN3CCOCC3)CC2)nn1-c1c(Cl)cccc1Cl. The summed E-state index contributed by atoms with van der Waals surface area (Å²) in [7, 11) is 0. The van der Waals surface area contributed by atoms with E-state index in [0.29, 0.717) is 33.9 Å². The Bertz CT molecular complexity index is 869. The Kier molecular flexibility index (Phi) is 6.93. The van der Waals surface area contributed by atoms with Gasteiger partial charge in [-0.1, -0.05) is 36.2 Å². The molecular formula is C21H27Cl2N5O2. The highest BCUT2D eigenvalue weighted by Crippen LogP contribution is 2.29. The number of hydrogen-bond donors (Lipinski definition) is 0. The van der Waals surface area contributed by atoms with Gasteiger partial charge in [-0.25, -0.2) is 9.67 Å². The average Bonchev–Trinajstić information content (AvgIpc) is 3.18. The number of rotatable bonds is 5. The first-order valence-electron chi connectivity index (χ1n) is 10.6. The number of para-hydroxylation sites is 1. The van der Waals surface area contributed by atoms with Gasteiger partial charge < -0.3 is 9.64 Å². The summed E-state index contributed by atoms with van der Waals surface area (Å²) in [6.45, 7) is 8.17. The third kappa shape index (κ3) is 4.64. The molecule has 0 unspecified atom stereocenters. The van der Waals surface area contributed by atoms with Crippen LogP contribution in [0.5, 0.6) is 0 Å². The molecule has 30 heavy (non-hydrogen) atoms. The van der Waals surface area contributed by atoms with Gasteiger partial charge in [0.15, 0.2) is 0 Å². The van der Waals surface area contributed by atoms with Gasteiger partial charge in [-0.15, -0.1) is 5.10 Å². The molecule has 7 nitrogen and oxygen atoms in total. The van der Waals surface area contributed by atoms with Crippen LogP contribution in [0.15, 0.2) is 18.2 Å². The first kappa shape index (κ1) is 21.6. The van der Waals surface area contributed by atoms with E-state index in [0.717, 1.165) is 58.8 Å². The quantitative estimate of drug-likeness (QED) is 0.697. The number of aromatic nitrogens is 3. The number of carbonyl (C=O) groups excluding carboxylic acids is 1. The number of halogens is 2. The third-order valence-corrected chi connectivity index (χ3v) is 6.46. The zero-order valence-electron chi connectivity index (χ0n) is 17.2. The molecule has 0 spiro atoms. The lowest BCUT2D eigenvalue weighted by molar-refractivity contribution is 0.0242. The molecule has 162 valence electrons. The molecule has 1 aromatic heterocycles. The second-order valence-corrected chi connectivity index (χ2v) is 8.65. The number of amides is 1. The average molecular weight is 452 g/mol. The van der Waals surface area contributed by atoms with Crippen LogP contribution in [0.3, 0.4) is 0 Å². The van der Waals surface area contributed by atoms with E-state index in [1.165, 1.54) is 0 Å². The third-order valence-electron chi connectivity index (χ3n) is 5.85. The van der Waals surface area contributed by atoms with Crippen LogP contribution in [0.1, 0.15) is 36.2 Å². The van der Waals surface area contributed by atoms with Crippen molar-refractivity contribution < 1.29 is 9.53 Å². The van der Waals surface area contributed by atoms with Crippen LogP contribution >= 0.6 is 23.2 Å². The number of piperidine rings is 1. The first-order chi connectivity index (χ1) is 14.6. The summed E-state index contributed by atoms with van der Waals surface area (Å²) in [6, 6.07) is 5.29. The lowest BCUT2D eigenvalue weighted by Gasteiger charge is -2.35. The van der Waals surface area contributed by atoms with Crippen molar-refractivity contribution in [2.24, 2.45) is 5.92 Å². The molecule has 2 saturated heterocycles. The Morgan fingerprint density at radius 3 is 2.43 bits per heavy atom.